The first-order valence-electron chi connectivity index (χ1n) is 10.0. The highest BCUT2D eigenvalue weighted by Gasteiger charge is 2.28. The maximum absolute atomic E-state index is 13.0. The lowest BCUT2D eigenvalue weighted by molar-refractivity contribution is 0.0730. The van der Waals surface area contributed by atoms with Crippen LogP contribution in [0.25, 0.3) is 10.8 Å². The lowest BCUT2D eigenvalue weighted by Crippen LogP contribution is -2.40. The maximum atomic E-state index is 13.0. The Labute approximate surface area is 181 Å². The Balaban J connectivity index is 1.55. The third-order valence-corrected chi connectivity index (χ3v) is 7.18. The van der Waals surface area contributed by atoms with Crippen LogP contribution in [-0.4, -0.2) is 52.0 Å². The van der Waals surface area contributed by atoms with Crippen LogP contribution in [0.1, 0.15) is 15.9 Å². The van der Waals surface area contributed by atoms with Gasteiger partial charge in [0.25, 0.3) is 5.91 Å². The molecule has 8 heteroatoms. The van der Waals surface area contributed by atoms with Gasteiger partial charge in [-0.3, -0.25) is 4.79 Å². The minimum Gasteiger partial charge on any atom is -0.496 e. The van der Waals surface area contributed by atoms with Crippen LogP contribution in [0.4, 0.5) is 0 Å². The summed E-state index contributed by atoms with van der Waals surface area (Å²) in [5.41, 5.74) is 1.13. The molecule has 3 aromatic carbocycles. The Hall–Kier alpha value is -2.94. The van der Waals surface area contributed by atoms with Gasteiger partial charge >= 0.3 is 0 Å². The molecular weight excluding hydrogens is 416 g/mol. The van der Waals surface area contributed by atoms with Crippen molar-refractivity contribution in [2.24, 2.45) is 0 Å². The predicted octanol–water partition coefficient (Wildman–Crippen LogP) is 2.80. The van der Waals surface area contributed by atoms with Crippen LogP contribution in [-0.2, 0) is 21.3 Å². The third-order valence-electron chi connectivity index (χ3n) is 5.29. The fourth-order valence-electron chi connectivity index (χ4n) is 3.59. The van der Waals surface area contributed by atoms with Gasteiger partial charge in [-0.15, -0.1) is 0 Å². The molecule has 0 saturated carbocycles. The SMILES string of the molecule is COc1ccc(S(=O)(=O)N2CCOCC2)cc1C(=O)NCc1ccc2ccccc2c1. The molecule has 0 aromatic heterocycles. The van der Waals surface area contributed by atoms with E-state index in [-0.39, 0.29) is 23.5 Å². The van der Waals surface area contributed by atoms with Crippen molar-refractivity contribution in [2.75, 3.05) is 33.4 Å². The van der Waals surface area contributed by atoms with Crippen molar-refractivity contribution in [2.45, 2.75) is 11.4 Å². The van der Waals surface area contributed by atoms with Crippen LogP contribution in [0, 0.1) is 0 Å². The standard InChI is InChI=1S/C23H24N2O5S/c1-29-22-9-8-20(31(27,28)25-10-12-30-13-11-25)15-21(22)23(26)24-16-17-6-7-18-4-2-3-5-19(18)14-17/h2-9,14-15H,10-13,16H2,1H3,(H,24,26). The van der Waals surface area contributed by atoms with Crippen LogP contribution < -0.4 is 10.1 Å². The number of amides is 1. The number of sulfonamides is 1. The molecule has 0 aliphatic carbocycles. The molecule has 0 spiro atoms. The topological polar surface area (TPSA) is 84.9 Å². The number of morpholine rings is 1. The molecule has 0 bridgehead atoms. The molecule has 1 N–H and O–H groups in total. The van der Waals surface area contributed by atoms with Crippen molar-refractivity contribution >= 4 is 26.7 Å². The summed E-state index contributed by atoms with van der Waals surface area (Å²) in [6.45, 7) is 1.60. The molecule has 162 valence electrons. The number of ether oxygens (including phenoxy) is 2. The molecule has 1 fully saturated rings. The molecule has 0 atom stereocenters. The number of hydrogen-bond acceptors (Lipinski definition) is 5. The zero-order valence-corrected chi connectivity index (χ0v) is 18.0. The number of benzene rings is 3. The predicted molar refractivity (Wildman–Crippen MR) is 118 cm³/mol. The summed E-state index contributed by atoms with van der Waals surface area (Å²) in [6, 6.07) is 18.3. The Kier molecular flexibility index (Phi) is 6.22. The summed E-state index contributed by atoms with van der Waals surface area (Å²) in [6.07, 6.45) is 0. The van der Waals surface area contributed by atoms with Crippen molar-refractivity contribution in [1.82, 2.24) is 9.62 Å². The zero-order chi connectivity index (χ0) is 21.8. The molecule has 1 saturated heterocycles. The number of nitrogens with one attached hydrogen (secondary N) is 1. The average molecular weight is 441 g/mol. The summed E-state index contributed by atoms with van der Waals surface area (Å²) in [5, 5.41) is 5.08. The van der Waals surface area contributed by atoms with E-state index in [1.54, 1.807) is 0 Å². The highest BCUT2D eigenvalue weighted by atomic mass is 32.2. The smallest absolute Gasteiger partial charge is 0.255 e. The number of fused-ring (bicyclic) bond motifs is 1. The Morgan fingerprint density at radius 3 is 2.52 bits per heavy atom. The largest absolute Gasteiger partial charge is 0.496 e. The highest BCUT2D eigenvalue weighted by molar-refractivity contribution is 7.89. The number of hydrogen-bond donors (Lipinski definition) is 1. The lowest BCUT2D eigenvalue weighted by Gasteiger charge is -2.26. The second kappa shape index (κ2) is 9.05. The molecule has 1 aliphatic heterocycles. The van der Waals surface area contributed by atoms with E-state index in [9.17, 15) is 13.2 Å². The van der Waals surface area contributed by atoms with Crippen molar-refractivity contribution in [3.63, 3.8) is 0 Å². The van der Waals surface area contributed by atoms with Gasteiger partial charge in [0.1, 0.15) is 5.75 Å². The van der Waals surface area contributed by atoms with E-state index < -0.39 is 15.9 Å². The molecule has 4 rings (SSSR count). The van der Waals surface area contributed by atoms with Gasteiger partial charge in [-0.2, -0.15) is 4.31 Å². The Morgan fingerprint density at radius 2 is 1.77 bits per heavy atom. The van der Waals surface area contributed by atoms with E-state index in [1.807, 2.05) is 42.5 Å². The summed E-state index contributed by atoms with van der Waals surface area (Å²) in [5.74, 6) is -0.0824. The number of rotatable bonds is 6. The maximum Gasteiger partial charge on any atom is 0.255 e. The van der Waals surface area contributed by atoms with E-state index in [0.717, 1.165) is 16.3 Å². The zero-order valence-electron chi connectivity index (χ0n) is 17.2. The van der Waals surface area contributed by atoms with Gasteiger partial charge in [-0.1, -0.05) is 36.4 Å². The van der Waals surface area contributed by atoms with E-state index in [0.29, 0.717) is 25.5 Å². The molecule has 1 amide bonds. The normalized spacial score (nSPS) is 15.0. The summed E-state index contributed by atoms with van der Waals surface area (Å²) in [7, 11) is -2.27. The number of carbonyl (C=O) groups is 1. The van der Waals surface area contributed by atoms with Crippen molar-refractivity contribution in [3.05, 3.63) is 71.8 Å². The quantitative estimate of drug-likeness (QED) is 0.637. The Morgan fingerprint density at radius 1 is 1.03 bits per heavy atom. The van der Waals surface area contributed by atoms with Crippen LogP contribution >= 0.6 is 0 Å². The number of carbonyl (C=O) groups excluding carboxylic acids is 1. The first kappa shape index (κ1) is 21.3. The minimum absolute atomic E-state index is 0.0612. The molecule has 1 heterocycles. The van der Waals surface area contributed by atoms with Crippen LogP contribution in [0.5, 0.6) is 5.75 Å². The molecule has 3 aromatic rings. The molecule has 0 unspecified atom stereocenters. The van der Waals surface area contributed by atoms with E-state index >= 15 is 0 Å². The third kappa shape index (κ3) is 4.56. The summed E-state index contributed by atoms with van der Waals surface area (Å²) >= 11 is 0. The van der Waals surface area contributed by atoms with Gasteiger partial charge in [0.15, 0.2) is 0 Å². The summed E-state index contributed by atoms with van der Waals surface area (Å²) in [4.78, 5) is 13.0. The second-order valence-electron chi connectivity index (χ2n) is 7.24. The van der Waals surface area contributed by atoms with Crippen LogP contribution in [0.2, 0.25) is 0 Å². The molecular formula is C23H24N2O5S. The second-order valence-corrected chi connectivity index (χ2v) is 9.18. The van der Waals surface area contributed by atoms with Crippen LogP contribution in [0.3, 0.4) is 0 Å². The van der Waals surface area contributed by atoms with Gasteiger partial charge in [0, 0.05) is 19.6 Å². The number of methoxy groups -OCH3 is 1. The Bertz CT molecular complexity index is 1200. The summed E-state index contributed by atoms with van der Waals surface area (Å²) < 4.78 is 37.8. The van der Waals surface area contributed by atoms with Crippen molar-refractivity contribution in [3.8, 4) is 5.75 Å². The molecule has 1 aliphatic rings. The van der Waals surface area contributed by atoms with E-state index in [2.05, 4.69) is 5.32 Å². The van der Waals surface area contributed by atoms with E-state index in [1.165, 1.54) is 29.6 Å². The van der Waals surface area contributed by atoms with Crippen molar-refractivity contribution < 1.29 is 22.7 Å². The molecule has 31 heavy (non-hydrogen) atoms. The molecule has 7 nitrogen and oxygen atoms in total. The fourth-order valence-corrected chi connectivity index (χ4v) is 5.02. The monoisotopic (exact) mass is 440 g/mol. The number of nitrogens with zero attached hydrogens (tertiary/aromatic N) is 1. The average Bonchev–Trinajstić information content (AvgIpc) is 2.82. The first-order valence-corrected chi connectivity index (χ1v) is 11.4. The van der Waals surface area contributed by atoms with Crippen LogP contribution in [0.15, 0.2) is 65.6 Å². The first-order chi connectivity index (χ1) is 15.0. The van der Waals surface area contributed by atoms with E-state index in [4.69, 9.17) is 9.47 Å². The van der Waals surface area contributed by atoms with Gasteiger partial charge in [0.05, 0.1) is 30.8 Å². The molecule has 0 radical (unpaired) electrons. The minimum atomic E-state index is -3.72. The van der Waals surface area contributed by atoms with Crippen molar-refractivity contribution in [1.29, 1.82) is 0 Å². The van der Waals surface area contributed by atoms with Gasteiger partial charge in [-0.25, -0.2) is 8.42 Å². The van der Waals surface area contributed by atoms with Gasteiger partial charge in [0.2, 0.25) is 10.0 Å². The fraction of sp³-hybridized carbons (Fsp3) is 0.261. The highest BCUT2D eigenvalue weighted by Crippen LogP contribution is 2.25. The lowest BCUT2D eigenvalue weighted by atomic mass is 10.1. The van der Waals surface area contributed by atoms with Gasteiger partial charge < -0.3 is 14.8 Å². The van der Waals surface area contributed by atoms with Gasteiger partial charge in [-0.05, 0) is 40.6 Å².